The number of hydrogen-bond acceptors (Lipinski definition) is 5. The number of amides is 1. The first-order chi connectivity index (χ1) is 14.5. The number of benzene rings is 2. The molecule has 1 amide bonds. The van der Waals surface area contributed by atoms with Crippen LogP contribution in [0.2, 0.25) is 0 Å². The van der Waals surface area contributed by atoms with Crippen molar-refractivity contribution in [2.75, 3.05) is 26.0 Å². The fourth-order valence-corrected chi connectivity index (χ4v) is 3.07. The number of aromatic nitrogens is 1. The number of anilines is 1. The second-order valence-corrected chi connectivity index (χ2v) is 7.48. The summed E-state index contributed by atoms with van der Waals surface area (Å²) in [4.78, 5) is 17.8. The molecule has 156 valence electrons. The Labute approximate surface area is 177 Å². The lowest BCUT2D eigenvalue weighted by molar-refractivity contribution is -0.116. The Morgan fingerprint density at radius 1 is 1.03 bits per heavy atom. The molecular formula is C24H28N4O2. The summed E-state index contributed by atoms with van der Waals surface area (Å²) in [6, 6.07) is 17.8. The zero-order valence-electron chi connectivity index (χ0n) is 17.7. The maximum Gasteiger partial charge on any atom is 0.238 e. The molecule has 2 N–H and O–H groups in total. The molecular weight excluding hydrogens is 376 g/mol. The van der Waals surface area contributed by atoms with Crippen molar-refractivity contribution in [1.82, 2.24) is 15.2 Å². The van der Waals surface area contributed by atoms with Crippen molar-refractivity contribution in [3.63, 3.8) is 0 Å². The summed E-state index contributed by atoms with van der Waals surface area (Å²) < 4.78 is 5.89. The van der Waals surface area contributed by atoms with Crippen LogP contribution in [0.3, 0.4) is 0 Å². The van der Waals surface area contributed by atoms with Gasteiger partial charge in [-0.25, -0.2) is 0 Å². The monoisotopic (exact) mass is 404 g/mol. The number of likely N-dealkylation sites (N-methyl/N-ethyl adjacent to an activating group) is 1. The molecule has 0 aliphatic heterocycles. The Hall–Kier alpha value is -3.22. The zero-order valence-corrected chi connectivity index (χ0v) is 17.7. The minimum atomic E-state index is -0.0193. The first kappa shape index (κ1) is 21.5. The van der Waals surface area contributed by atoms with E-state index < -0.39 is 0 Å². The number of aryl methyl sites for hydroxylation is 1. The molecule has 1 aromatic heterocycles. The number of carbonyl (C=O) groups excluding carboxylic acids is 1. The molecule has 0 bridgehead atoms. The van der Waals surface area contributed by atoms with Crippen LogP contribution in [0, 0.1) is 6.92 Å². The number of pyridine rings is 1. The summed E-state index contributed by atoms with van der Waals surface area (Å²) in [7, 11) is 3.75. The van der Waals surface area contributed by atoms with Gasteiger partial charge in [0.25, 0.3) is 0 Å². The number of nitrogens with one attached hydrogen (secondary N) is 2. The highest BCUT2D eigenvalue weighted by molar-refractivity contribution is 5.92. The van der Waals surface area contributed by atoms with E-state index in [-0.39, 0.29) is 5.91 Å². The highest BCUT2D eigenvalue weighted by Crippen LogP contribution is 2.25. The molecule has 30 heavy (non-hydrogen) atoms. The lowest BCUT2D eigenvalue weighted by Gasteiger charge is -2.12. The van der Waals surface area contributed by atoms with Crippen molar-refractivity contribution in [2.45, 2.75) is 20.0 Å². The Morgan fingerprint density at radius 3 is 2.53 bits per heavy atom. The standard InChI is InChI=1S/C24H28N4O2/c1-18-12-20(9-10-23(18)30-22-8-5-11-25-16-22)15-26-14-19-6-4-7-21(13-19)27-24(29)17-28(2)3/h4-13,16,26H,14-15,17H2,1-3H3,(H,27,29). The fraction of sp³-hybridized carbons (Fsp3) is 0.250. The van der Waals surface area contributed by atoms with Gasteiger partial charge in [0.15, 0.2) is 0 Å². The molecule has 0 saturated carbocycles. The van der Waals surface area contributed by atoms with Gasteiger partial charge in [-0.15, -0.1) is 0 Å². The van der Waals surface area contributed by atoms with E-state index in [1.165, 1.54) is 5.56 Å². The van der Waals surface area contributed by atoms with Crippen LogP contribution in [0.15, 0.2) is 67.0 Å². The second-order valence-electron chi connectivity index (χ2n) is 7.48. The largest absolute Gasteiger partial charge is 0.455 e. The van der Waals surface area contributed by atoms with Gasteiger partial charge in [0.1, 0.15) is 11.5 Å². The van der Waals surface area contributed by atoms with Crippen LogP contribution in [-0.4, -0.2) is 36.4 Å². The second kappa shape index (κ2) is 10.5. The molecule has 0 spiro atoms. The van der Waals surface area contributed by atoms with Gasteiger partial charge in [-0.05, 0) is 68.0 Å². The van der Waals surface area contributed by atoms with Gasteiger partial charge in [-0.3, -0.25) is 9.78 Å². The molecule has 0 aliphatic rings. The Bertz CT molecular complexity index is 974. The lowest BCUT2D eigenvalue weighted by Crippen LogP contribution is -2.27. The maximum atomic E-state index is 11.9. The predicted molar refractivity (Wildman–Crippen MR) is 120 cm³/mol. The first-order valence-corrected chi connectivity index (χ1v) is 9.91. The molecule has 0 unspecified atom stereocenters. The van der Waals surface area contributed by atoms with E-state index in [1.54, 1.807) is 12.4 Å². The molecule has 0 radical (unpaired) electrons. The molecule has 6 heteroatoms. The molecule has 6 nitrogen and oxygen atoms in total. The topological polar surface area (TPSA) is 66.5 Å². The van der Waals surface area contributed by atoms with Crippen LogP contribution in [0.5, 0.6) is 11.5 Å². The quantitative estimate of drug-likeness (QED) is 0.565. The third kappa shape index (κ3) is 6.69. The van der Waals surface area contributed by atoms with Crippen LogP contribution in [-0.2, 0) is 17.9 Å². The van der Waals surface area contributed by atoms with Crippen molar-refractivity contribution in [1.29, 1.82) is 0 Å². The Morgan fingerprint density at radius 2 is 1.83 bits per heavy atom. The molecule has 0 fully saturated rings. The van der Waals surface area contributed by atoms with E-state index in [9.17, 15) is 4.79 Å². The molecule has 0 aliphatic carbocycles. The van der Waals surface area contributed by atoms with Crippen LogP contribution < -0.4 is 15.4 Å². The van der Waals surface area contributed by atoms with Gasteiger partial charge in [0.05, 0.1) is 12.7 Å². The van der Waals surface area contributed by atoms with Crippen LogP contribution in [0.25, 0.3) is 0 Å². The molecule has 3 aromatic rings. The van der Waals surface area contributed by atoms with Crippen molar-refractivity contribution < 1.29 is 9.53 Å². The molecule has 0 atom stereocenters. The summed E-state index contributed by atoms with van der Waals surface area (Å²) in [5.41, 5.74) is 4.19. The number of ether oxygens (including phenoxy) is 1. The third-order valence-corrected chi connectivity index (χ3v) is 4.43. The number of nitrogens with zero attached hydrogens (tertiary/aromatic N) is 2. The predicted octanol–water partition coefficient (Wildman–Crippen LogP) is 3.97. The average molecular weight is 405 g/mol. The van der Waals surface area contributed by atoms with Gasteiger partial charge in [0, 0.05) is 25.0 Å². The molecule has 1 heterocycles. The Kier molecular flexibility index (Phi) is 7.54. The minimum Gasteiger partial charge on any atom is -0.455 e. The summed E-state index contributed by atoms with van der Waals surface area (Å²) >= 11 is 0. The van der Waals surface area contributed by atoms with Gasteiger partial charge >= 0.3 is 0 Å². The van der Waals surface area contributed by atoms with E-state index >= 15 is 0 Å². The molecule has 3 rings (SSSR count). The van der Waals surface area contributed by atoms with Gasteiger partial charge < -0.3 is 20.3 Å². The van der Waals surface area contributed by atoms with Gasteiger partial charge in [-0.2, -0.15) is 0 Å². The van der Waals surface area contributed by atoms with Crippen LogP contribution in [0.4, 0.5) is 5.69 Å². The van der Waals surface area contributed by atoms with Crippen molar-refractivity contribution >= 4 is 11.6 Å². The summed E-state index contributed by atoms with van der Waals surface area (Å²) in [5, 5.41) is 6.38. The first-order valence-electron chi connectivity index (χ1n) is 9.91. The molecule has 2 aromatic carbocycles. The van der Waals surface area contributed by atoms with E-state index in [2.05, 4.69) is 27.8 Å². The number of rotatable bonds is 9. The number of carbonyl (C=O) groups is 1. The normalized spacial score (nSPS) is 10.8. The number of hydrogen-bond donors (Lipinski definition) is 2. The SMILES string of the molecule is Cc1cc(CNCc2cccc(NC(=O)CN(C)C)c2)ccc1Oc1cccnc1. The van der Waals surface area contributed by atoms with E-state index in [0.29, 0.717) is 13.1 Å². The maximum absolute atomic E-state index is 11.9. The van der Waals surface area contributed by atoms with E-state index in [0.717, 1.165) is 34.9 Å². The van der Waals surface area contributed by atoms with Crippen molar-refractivity contribution in [2.24, 2.45) is 0 Å². The smallest absolute Gasteiger partial charge is 0.238 e. The van der Waals surface area contributed by atoms with Crippen molar-refractivity contribution in [3.05, 3.63) is 83.7 Å². The summed E-state index contributed by atoms with van der Waals surface area (Å²) in [6.07, 6.45) is 3.42. The summed E-state index contributed by atoms with van der Waals surface area (Å²) in [6.45, 7) is 3.85. The average Bonchev–Trinajstić information content (AvgIpc) is 2.70. The zero-order chi connectivity index (χ0) is 21.3. The fourth-order valence-electron chi connectivity index (χ4n) is 3.07. The third-order valence-electron chi connectivity index (χ3n) is 4.43. The highest BCUT2D eigenvalue weighted by atomic mass is 16.5. The van der Waals surface area contributed by atoms with Crippen LogP contribution in [0.1, 0.15) is 16.7 Å². The molecule has 0 saturated heterocycles. The van der Waals surface area contributed by atoms with E-state index in [4.69, 9.17) is 4.74 Å². The Balaban J connectivity index is 1.52. The van der Waals surface area contributed by atoms with Gasteiger partial charge in [0.2, 0.25) is 5.91 Å². The highest BCUT2D eigenvalue weighted by Gasteiger charge is 2.05. The van der Waals surface area contributed by atoms with Crippen molar-refractivity contribution in [3.8, 4) is 11.5 Å². The summed E-state index contributed by atoms with van der Waals surface area (Å²) in [5.74, 6) is 1.53. The van der Waals surface area contributed by atoms with E-state index in [1.807, 2.05) is 68.4 Å². The lowest BCUT2D eigenvalue weighted by atomic mass is 10.1. The van der Waals surface area contributed by atoms with Gasteiger partial charge in [-0.1, -0.05) is 24.3 Å². The van der Waals surface area contributed by atoms with Crippen LogP contribution >= 0.6 is 0 Å². The minimum absolute atomic E-state index is 0.0193.